The molecule has 49 heavy (non-hydrogen) atoms. The second-order valence-corrected chi connectivity index (χ2v) is 17.6. The first-order valence-electron chi connectivity index (χ1n) is 19.5. The van der Waals surface area contributed by atoms with Crippen molar-refractivity contribution in [1.29, 1.82) is 0 Å². The average molecular weight is 677 g/mol. The molecule has 2 unspecified atom stereocenters. The Kier molecular flexibility index (Phi) is 10.9. The van der Waals surface area contributed by atoms with Crippen LogP contribution in [-0.2, 0) is 22.4 Å². The summed E-state index contributed by atoms with van der Waals surface area (Å²) in [4.78, 5) is 20.8. The van der Waals surface area contributed by atoms with Crippen LogP contribution in [0.1, 0.15) is 117 Å². The first-order valence-corrected chi connectivity index (χ1v) is 19.5. The van der Waals surface area contributed by atoms with Crippen molar-refractivity contribution in [2.45, 2.75) is 142 Å². The molecule has 4 aliphatic rings. The zero-order valence-electron chi connectivity index (χ0n) is 30.8. The van der Waals surface area contributed by atoms with Crippen molar-refractivity contribution >= 4 is 5.97 Å². The quantitative estimate of drug-likeness (QED) is 0.145. The Morgan fingerprint density at radius 3 is 2.57 bits per heavy atom. The van der Waals surface area contributed by atoms with E-state index in [4.69, 9.17) is 10.5 Å². The number of phenolic OH excluding ortho intramolecular Hbond substituents is 1. The summed E-state index contributed by atoms with van der Waals surface area (Å²) in [7, 11) is 0. The summed E-state index contributed by atoms with van der Waals surface area (Å²) in [6.45, 7) is 13.0. The lowest BCUT2D eigenvalue weighted by atomic mass is 9.42. The number of carbonyl (C=O) groups excluding carboxylic acids is 1. The van der Waals surface area contributed by atoms with Gasteiger partial charge in [-0.2, -0.15) is 0 Å². The van der Waals surface area contributed by atoms with Gasteiger partial charge in [0.1, 0.15) is 17.9 Å². The van der Waals surface area contributed by atoms with Gasteiger partial charge in [0.15, 0.2) is 0 Å². The largest absolute Gasteiger partial charge is 0.508 e. The molecule has 0 saturated heterocycles. The van der Waals surface area contributed by atoms with Crippen molar-refractivity contribution < 1.29 is 19.7 Å². The standard InChI is InChI=1S/C41H64N4O4/c1-26(2)7-6-8-27(3)33-13-14-34-32-22-37(44-20-17-29-24-43-25-45-29)41(48)23-31(15-19-40(41,5)35(32)16-18-39(33,34)4)49-38(47)36(42)21-28-9-11-30(46)12-10-28/h9-12,24-27,31-37,44,46,48H,6-8,13-23,42H2,1-5H3,(H,43,45)/t27?,31-,32-,33+,34-,35-,36?,37+,39+,40+,41-/m0/s1. The van der Waals surface area contributed by atoms with Crippen LogP contribution in [-0.4, -0.2) is 56.5 Å². The number of carbonyl (C=O) groups is 1. The molecular formula is C41H64N4O4. The molecule has 8 nitrogen and oxygen atoms in total. The Hall–Kier alpha value is -2.42. The van der Waals surface area contributed by atoms with E-state index in [1.54, 1.807) is 30.6 Å². The summed E-state index contributed by atoms with van der Waals surface area (Å²) in [5.74, 6) is 3.81. The summed E-state index contributed by atoms with van der Waals surface area (Å²) >= 11 is 0. The Balaban J connectivity index is 1.19. The van der Waals surface area contributed by atoms with Gasteiger partial charge < -0.3 is 31.0 Å². The summed E-state index contributed by atoms with van der Waals surface area (Å²) in [6, 6.07) is 5.89. The van der Waals surface area contributed by atoms with E-state index in [9.17, 15) is 15.0 Å². The number of aliphatic hydroxyl groups is 1. The molecule has 1 aromatic carbocycles. The molecule has 1 heterocycles. The van der Waals surface area contributed by atoms with Crippen molar-refractivity contribution in [3.05, 3.63) is 48.0 Å². The smallest absolute Gasteiger partial charge is 0.323 e. The molecule has 0 bridgehead atoms. The number of H-pyrrole nitrogens is 1. The maximum atomic E-state index is 13.3. The second kappa shape index (κ2) is 14.7. The molecule has 0 radical (unpaired) electrons. The maximum Gasteiger partial charge on any atom is 0.323 e. The number of esters is 1. The molecule has 4 aliphatic carbocycles. The molecule has 11 atom stereocenters. The van der Waals surface area contributed by atoms with E-state index in [2.05, 4.69) is 49.9 Å². The van der Waals surface area contributed by atoms with Crippen LogP contribution in [0.15, 0.2) is 36.8 Å². The van der Waals surface area contributed by atoms with Crippen LogP contribution in [0.3, 0.4) is 0 Å². The van der Waals surface area contributed by atoms with E-state index >= 15 is 0 Å². The summed E-state index contributed by atoms with van der Waals surface area (Å²) in [6.07, 6.45) is 16.5. The number of fused-ring (bicyclic) bond motifs is 5. The summed E-state index contributed by atoms with van der Waals surface area (Å²) in [5.41, 5.74) is 7.33. The third kappa shape index (κ3) is 7.21. The number of ether oxygens (including phenoxy) is 1. The zero-order valence-corrected chi connectivity index (χ0v) is 30.8. The van der Waals surface area contributed by atoms with Crippen molar-refractivity contribution in [2.75, 3.05) is 6.54 Å². The summed E-state index contributed by atoms with van der Waals surface area (Å²) in [5, 5.41) is 26.5. The van der Waals surface area contributed by atoms with E-state index in [-0.39, 0.29) is 23.3 Å². The molecule has 0 amide bonds. The molecule has 0 spiro atoms. The van der Waals surface area contributed by atoms with Gasteiger partial charge in [0.25, 0.3) is 0 Å². The molecule has 2 aromatic rings. The highest BCUT2D eigenvalue weighted by Crippen LogP contribution is 2.69. The van der Waals surface area contributed by atoms with Gasteiger partial charge in [-0.25, -0.2) is 4.98 Å². The minimum Gasteiger partial charge on any atom is -0.508 e. The minimum atomic E-state index is -1.00. The number of rotatable bonds is 13. The Bertz CT molecular complexity index is 1380. The van der Waals surface area contributed by atoms with Crippen molar-refractivity contribution in [2.24, 2.45) is 52.1 Å². The third-order valence-corrected chi connectivity index (χ3v) is 14.4. The summed E-state index contributed by atoms with van der Waals surface area (Å²) < 4.78 is 6.11. The van der Waals surface area contributed by atoms with Gasteiger partial charge in [0.05, 0.1) is 17.6 Å². The first-order chi connectivity index (χ1) is 23.3. The Morgan fingerprint density at radius 2 is 1.86 bits per heavy atom. The SMILES string of the molecule is CC(C)CCCC(C)[C@H]1CC[C@H]2[C@@H]3C[C@@H](NCCc4c[nH]cn4)[C@@]4(O)C[C@@H](OC(=O)C(N)Cc5ccc(O)cc5)CC[C@]4(C)[C@H]3CC[C@]12C. The van der Waals surface area contributed by atoms with Crippen molar-refractivity contribution in [3.63, 3.8) is 0 Å². The molecular weight excluding hydrogens is 612 g/mol. The highest BCUT2D eigenvalue weighted by atomic mass is 16.5. The van der Waals surface area contributed by atoms with Crippen LogP contribution in [0, 0.1) is 46.3 Å². The van der Waals surface area contributed by atoms with Gasteiger partial charge in [-0.1, -0.05) is 66.0 Å². The lowest BCUT2D eigenvalue weighted by Crippen LogP contribution is -2.71. The average Bonchev–Trinajstić information content (AvgIpc) is 3.70. The third-order valence-electron chi connectivity index (χ3n) is 14.4. The van der Waals surface area contributed by atoms with E-state index in [0.717, 1.165) is 61.2 Å². The predicted molar refractivity (Wildman–Crippen MR) is 194 cm³/mol. The highest BCUT2D eigenvalue weighted by molar-refractivity contribution is 5.76. The van der Waals surface area contributed by atoms with Crippen LogP contribution < -0.4 is 11.1 Å². The number of aromatic amines is 1. The monoisotopic (exact) mass is 676 g/mol. The molecule has 8 heteroatoms. The van der Waals surface area contributed by atoms with Crippen LogP contribution in [0.4, 0.5) is 0 Å². The number of phenols is 1. The van der Waals surface area contributed by atoms with Crippen LogP contribution in [0.2, 0.25) is 0 Å². The van der Waals surface area contributed by atoms with Gasteiger partial charge in [-0.05, 0) is 110 Å². The second-order valence-electron chi connectivity index (χ2n) is 17.6. The number of aromatic hydroxyl groups is 1. The van der Waals surface area contributed by atoms with E-state index in [1.165, 1.54) is 44.9 Å². The van der Waals surface area contributed by atoms with Crippen LogP contribution in [0.25, 0.3) is 0 Å². The number of benzene rings is 1. The minimum absolute atomic E-state index is 0.0882. The van der Waals surface area contributed by atoms with Crippen LogP contribution >= 0.6 is 0 Å². The molecule has 6 rings (SSSR count). The van der Waals surface area contributed by atoms with Gasteiger partial charge in [-0.15, -0.1) is 0 Å². The number of nitrogens with two attached hydrogens (primary N) is 1. The van der Waals surface area contributed by atoms with Crippen LogP contribution in [0.5, 0.6) is 5.75 Å². The molecule has 272 valence electrons. The molecule has 4 saturated carbocycles. The predicted octanol–water partition coefficient (Wildman–Crippen LogP) is 6.94. The molecule has 0 aliphatic heterocycles. The fourth-order valence-electron chi connectivity index (χ4n) is 11.7. The number of nitrogens with one attached hydrogen (secondary N) is 2. The number of nitrogens with zero attached hydrogens (tertiary/aromatic N) is 1. The number of imidazole rings is 1. The zero-order chi connectivity index (χ0) is 35.0. The first kappa shape index (κ1) is 36.4. The van der Waals surface area contributed by atoms with E-state index in [0.29, 0.717) is 36.0 Å². The van der Waals surface area contributed by atoms with E-state index < -0.39 is 17.6 Å². The normalized spacial score (nSPS) is 36.8. The lowest BCUT2D eigenvalue weighted by Gasteiger charge is -2.66. The highest BCUT2D eigenvalue weighted by Gasteiger charge is 2.67. The number of aromatic nitrogens is 2. The Labute approximate surface area is 294 Å². The van der Waals surface area contributed by atoms with Gasteiger partial charge in [-0.3, -0.25) is 4.79 Å². The lowest BCUT2D eigenvalue weighted by molar-refractivity contribution is -0.237. The number of hydrogen-bond donors (Lipinski definition) is 5. The van der Waals surface area contributed by atoms with Crippen molar-refractivity contribution in [3.8, 4) is 5.75 Å². The Morgan fingerprint density at radius 1 is 1.08 bits per heavy atom. The molecule has 6 N–H and O–H groups in total. The number of hydrogen-bond acceptors (Lipinski definition) is 7. The van der Waals surface area contributed by atoms with Gasteiger partial charge >= 0.3 is 5.97 Å². The van der Waals surface area contributed by atoms with Crippen molar-refractivity contribution in [1.82, 2.24) is 15.3 Å². The maximum absolute atomic E-state index is 13.3. The van der Waals surface area contributed by atoms with Gasteiger partial charge in [0, 0.05) is 37.0 Å². The van der Waals surface area contributed by atoms with E-state index in [1.807, 2.05) is 6.20 Å². The fourth-order valence-corrected chi connectivity index (χ4v) is 11.7. The fraction of sp³-hybridized carbons (Fsp3) is 0.756. The molecule has 1 aromatic heterocycles. The topological polar surface area (TPSA) is 133 Å². The molecule has 4 fully saturated rings. The van der Waals surface area contributed by atoms with Gasteiger partial charge in [0.2, 0.25) is 0 Å².